The first-order valence-corrected chi connectivity index (χ1v) is 12.7. The maximum Gasteiger partial charge on any atom is 0.185 e. The molecule has 0 amide bonds. The molecule has 0 fully saturated rings. The second-order valence-corrected chi connectivity index (χ2v) is 11.0. The maximum atomic E-state index is 12.0. The van der Waals surface area contributed by atoms with Gasteiger partial charge in [-0.3, -0.25) is 4.99 Å². The zero-order valence-corrected chi connectivity index (χ0v) is 20.0. The zero-order chi connectivity index (χ0) is 22.8. The summed E-state index contributed by atoms with van der Waals surface area (Å²) in [7, 11) is -3.29. The summed E-state index contributed by atoms with van der Waals surface area (Å²) in [6.07, 6.45) is 12.3. The number of hydrogen-bond donors (Lipinski definition) is 3. The molecule has 6 nitrogen and oxygen atoms in total. The van der Waals surface area contributed by atoms with Gasteiger partial charge in [-0.15, -0.1) is 0 Å². The van der Waals surface area contributed by atoms with E-state index in [-0.39, 0.29) is 36.0 Å². The van der Waals surface area contributed by atoms with Gasteiger partial charge in [0.05, 0.1) is 24.7 Å². The van der Waals surface area contributed by atoms with Gasteiger partial charge in [0.1, 0.15) is 0 Å². The largest absolute Gasteiger partial charge is 0.392 e. The van der Waals surface area contributed by atoms with Crippen LogP contribution in [0.4, 0.5) is 0 Å². The van der Waals surface area contributed by atoms with Gasteiger partial charge in [-0.1, -0.05) is 43.2 Å². The molecule has 1 aliphatic carbocycles. The van der Waals surface area contributed by atoms with E-state index in [4.69, 9.17) is 11.5 Å². The Morgan fingerprint density at radius 1 is 1.33 bits per heavy atom. The fourth-order valence-electron chi connectivity index (χ4n) is 3.88. The molecular weight excluding hydrogens is 398 g/mol. The van der Waals surface area contributed by atoms with Crippen LogP contribution in [-0.2, 0) is 9.84 Å². The van der Waals surface area contributed by atoms with Gasteiger partial charge in [0.25, 0.3) is 0 Å². The molecule has 0 radical (unpaired) electrons. The number of nitrogens with two attached hydrogens (primary N) is 2. The average molecular weight is 440 g/mol. The van der Waals surface area contributed by atoms with Crippen LogP contribution >= 0.6 is 0 Å². The van der Waals surface area contributed by atoms with Crippen molar-refractivity contribution in [3.8, 4) is 0 Å². The summed E-state index contributed by atoms with van der Waals surface area (Å²) in [6.45, 7) is 9.09. The summed E-state index contributed by atoms with van der Waals surface area (Å²) in [5.74, 6) is 0.377. The van der Waals surface area contributed by atoms with Gasteiger partial charge in [-0.25, -0.2) is 8.42 Å². The molecule has 0 saturated heterocycles. The lowest BCUT2D eigenvalue weighted by Gasteiger charge is -2.40. The predicted octanol–water partition coefficient (Wildman–Crippen LogP) is 3.48. The Hall–Kier alpha value is -1.60. The fraction of sp³-hybridized carbons (Fsp3) is 0.696. The third-order valence-electron chi connectivity index (χ3n) is 6.56. The van der Waals surface area contributed by atoms with Crippen LogP contribution in [0.15, 0.2) is 39.9 Å². The van der Waals surface area contributed by atoms with Crippen molar-refractivity contribution < 1.29 is 13.5 Å². The summed E-state index contributed by atoms with van der Waals surface area (Å²) in [6, 6.07) is 0. The molecule has 0 aromatic carbocycles. The summed E-state index contributed by atoms with van der Waals surface area (Å²) in [4.78, 5) is 3.70. The zero-order valence-electron chi connectivity index (χ0n) is 19.2. The number of guanidine groups is 1. The van der Waals surface area contributed by atoms with Crippen molar-refractivity contribution in [3.63, 3.8) is 0 Å². The van der Waals surface area contributed by atoms with Crippen LogP contribution in [0.25, 0.3) is 0 Å². The third kappa shape index (κ3) is 9.04. The third-order valence-corrected chi connectivity index (χ3v) is 8.04. The molecule has 1 rings (SSSR count). The van der Waals surface area contributed by atoms with E-state index in [1.165, 1.54) is 24.0 Å². The fourth-order valence-corrected chi connectivity index (χ4v) is 4.91. The molecule has 1 aliphatic rings. The highest BCUT2D eigenvalue weighted by Gasteiger charge is 2.34. The number of aliphatic hydroxyl groups excluding tert-OH is 1. The van der Waals surface area contributed by atoms with Crippen LogP contribution < -0.4 is 11.5 Å². The molecule has 7 heteroatoms. The highest BCUT2D eigenvalue weighted by atomic mass is 32.2. The number of rotatable bonds is 12. The molecule has 0 aromatic rings. The molecule has 5 N–H and O–H groups in total. The number of aliphatic imine (C=N–C) groups is 1. The van der Waals surface area contributed by atoms with Gasteiger partial charge < -0.3 is 16.6 Å². The minimum absolute atomic E-state index is 0.0566. The standard InChI is InChI=1S/C23H41N3O3S/c1-18(11-13-23(4)19(2)8-6-9-20(23)3)7-5-10-21(17-27)12-15-30(28,29)16-14-26-22(24)25/h7-8,12,20,27H,5-6,9-11,13-17H2,1-4H3,(H4,24,25,26)/b18-7+,21-12+/t20-,23+/m1/s1. The Balaban J connectivity index is 2.53. The Bertz CT molecular complexity index is 778. The van der Waals surface area contributed by atoms with Crippen molar-refractivity contribution in [2.45, 2.75) is 66.2 Å². The van der Waals surface area contributed by atoms with E-state index in [1.54, 1.807) is 6.08 Å². The number of allylic oxidation sites excluding steroid dienone is 4. The molecule has 0 unspecified atom stereocenters. The second-order valence-electron chi connectivity index (χ2n) is 8.81. The summed E-state index contributed by atoms with van der Waals surface area (Å²) in [5, 5.41) is 9.56. The van der Waals surface area contributed by atoms with Crippen molar-refractivity contribution in [3.05, 3.63) is 34.9 Å². The molecule has 0 aliphatic heterocycles. The van der Waals surface area contributed by atoms with Gasteiger partial charge in [0.15, 0.2) is 15.8 Å². The lowest BCUT2D eigenvalue weighted by atomic mass is 9.65. The van der Waals surface area contributed by atoms with Gasteiger partial charge in [0.2, 0.25) is 0 Å². The van der Waals surface area contributed by atoms with Crippen molar-refractivity contribution in [1.82, 2.24) is 0 Å². The average Bonchev–Trinajstić information content (AvgIpc) is 2.66. The molecule has 0 spiro atoms. The van der Waals surface area contributed by atoms with Crippen molar-refractivity contribution in [2.75, 3.05) is 24.7 Å². The van der Waals surface area contributed by atoms with E-state index in [0.29, 0.717) is 12.3 Å². The molecule has 0 heterocycles. The van der Waals surface area contributed by atoms with Crippen LogP contribution in [0, 0.1) is 11.3 Å². The first-order chi connectivity index (χ1) is 14.0. The smallest absolute Gasteiger partial charge is 0.185 e. The normalized spacial score (nSPS) is 23.2. The Labute approximate surface area is 183 Å². The summed E-state index contributed by atoms with van der Waals surface area (Å²) < 4.78 is 24.1. The first-order valence-electron chi connectivity index (χ1n) is 10.9. The number of aliphatic hydroxyl groups is 1. The minimum atomic E-state index is -3.29. The van der Waals surface area contributed by atoms with Crippen molar-refractivity contribution in [2.24, 2.45) is 27.8 Å². The quantitative estimate of drug-likeness (QED) is 0.244. The molecule has 2 atom stereocenters. The number of hydrogen-bond acceptors (Lipinski definition) is 4. The van der Waals surface area contributed by atoms with Crippen LogP contribution in [0.1, 0.15) is 66.2 Å². The SMILES string of the molecule is CC1=CCC[C@@H](C)[C@@]1(C)CC/C(C)=C/CC/C(=C\CS(=O)(=O)CCN=C(N)N)CO. The Morgan fingerprint density at radius 3 is 2.63 bits per heavy atom. The van der Waals surface area contributed by atoms with Crippen LogP contribution in [0.2, 0.25) is 0 Å². The van der Waals surface area contributed by atoms with Crippen molar-refractivity contribution in [1.29, 1.82) is 0 Å². The van der Waals surface area contributed by atoms with E-state index >= 15 is 0 Å². The van der Waals surface area contributed by atoms with Gasteiger partial charge in [-0.05, 0) is 69.3 Å². The van der Waals surface area contributed by atoms with Crippen LogP contribution in [0.3, 0.4) is 0 Å². The summed E-state index contributed by atoms with van der Waals surface area (Å²) in [5.41, 5.74) is 14.3. The predicted molar refractivity (Wildman–Crippen MR) is 127 cm³/mol. The topological polar surface area (TPSA) is 119 Å². The lowest BCUT2D eigenvalue weighted by molar-refractivity contribution is 0.211. The first kappa shape index (κ1) is 26.4. The molecule has 0 bridgehead atoms. The van der Waals surface area contributed by atoms with E-state index in [0.717, 1.165) is 24.8 Å². The highest BCUT2D eigenvalue weighted by molar-refractivity contribution is 7.91. The monoisotopic (exact) mass is 439 g/mol. The van der Waals surface area contributed by atoms with E-state index in [2.05, 4.69) is 44.8 Å². The van der Waals surface area contributed by atoms with E-state index in [9.17, 15) is 13.5 Å². The van der Waals surface area contributed by atoms with E-state index < -0.39 is 9.84 Å². The van der Waals surface area contributed by atoms with Gasteiger partial charge >= 0.3 is 0 Å². The minimum Gasteiger partial charge on any atom is -0.392 e. The van der Waals surface area contributed by atoms with Crippen molar-refractivity contribution >= 4 is 15.8 Å². The van der Waals surface area contributed by atoms with Crippen LogP contribution in [0.5, 0.6) is 0 Å². The molecule has 30 heavy (non-hydrogen) atoms. The second kappa shape index (κ2) is 12.3. The Morgan fingerprint density at radius 2 is 2.03 bits per heavy atom. The maximum absolute atomic E-state index is 12.0. The van der Waals surface area contributed by atoms with Crippen LogP contribution in [-0.4, -0.2) is 44.1 Å². The van der Waals surface area contributed by atoms with Gasteiger partial charge in [-0.2, -0.15) is 0 Å². The van der Waals surface area contributed by atoms with E-state index in [1.807, 2.05) is 0 Å². The number of sulfone groups is 1. The lowest BCUT2D eigenvalue weighted by Crippen LogP contribution is -2.29. The molecule has 172 valence electrons. The molecular formula is C23H41N3O3S. The number of nitrogens with zero attached hydrogens (tertiary/aromatic N) is 1. The Kier molecular flexibility index (Phi) is 10.8. The molecule has 0 saturated carbocycles. The molecule has 0 aromatic heterocycles. The summed E-state index contributed by atoms with van der Waals surface area (Å²) >= 11 is 0. The van der Waals surface area contributed by atoms with Gasteiger partial charge in [0, 0.05) is 0 Å². The highest BCUT2D eigenvalue weighted by Crippen LogP contribution is 2.45.